The minimum absolute atomic E-state index is 0.0201. The summed E-state index contributed by atoms with van der Waals surface area (Å²) in [7, 11) is 0. The van der Waals surface area contributed by atoms with Crippen LogP contribution in [0.3, 0.4) is 0 Å². The van der Waals surface area contributed by atoms with Crippen molar-refractivity contribution in [2.75, 3.05) is 0 Å². The minimum atomic E-state index is -1.12. The van der Waals surface area contributed by atoms with Crippen molar-refractivity contribution in [3.8, 4) is 11.5 Å². The van der Waals surface area contributed by atoms with Crippen molar-refractivity contribution < 1.29 is 19.8 Å². The summed E-state index contributed by atoms with van der Waals surface area (Å²) < 4.78 is 0. The molecule has 5 heteroatoms. The summed E-state index contributed by atoms with van der Waals surface area (Å²) in [6.07, 6.45) is 0. The summed E-state index contributed by atoms with van der Waals surface area (Å²) in [5.74, 6) is 3.40. The minimum Gasteiger partial charge on any atom is -0.504 e. The van der Waals surface area contributed by atoms with E-state index >= 15 is 0 Å². The molecule has 0 saturated heterocycles. The van der Waals surface area contributed by atoms with E-state index in [4.69, 9.17) is 16.1 Å². The van der Waals surface area contributed by atoms with Crippen LogP contribution in [-0.2, 0) is 0 Å². The first-order chi connectivity index (χ1) is 5.65. The second kappa shape index (κ2) is 3.10. The molecule has 0 fully saturated rings. The van der Waals surface area contributed by atoms with E-state index in [0.717, 1.165) is 6.07 Å². The normalized spacial score (nSPS) is 9.42. The Morgan fingerprint density at radius 3 is 2.58 bits per heavy atom. The Morgan fingerprint density at radius 2 is 2.17 bits per heavy atom. The Bertz CT molecular complexity index is 310. The van der Waals surface area contributed by atoms with Crippen LogP contribution in [0.5, 0.6) is 11.5 Å². The quantitative estimate of drug-likeness (QED) is 0.555. The molecule has 0 atom stereocenters. The van der Waals surface area contributed by atoms with Gasteiger partial charge in [-0.05, 0) is 18.2 Å². The predicted molar refractivity (Wildman–Crippen MR) is 39.9 cm³/mol. The molecule has 0 aliphatic carbocycles. The highest BCUT2D eigenvalue weighted by Gasteiger charge is 2.07. The van der Waals surface area contributed by atoms with Gasteiger partial charge < -0.3 is 15.1 Å². The van der Waals surface area contributed by atoms with Crippen molar-refractivity contribution in [3.05, 3.63) is 23.8 Å². The molecule has 0 heterocycles. The number of benzene rings is 1. The Morgan fingerprint density at radius 1 is 1.50 bits per heavy atom. The summed E-state index contributed by atoms with van der Waals surface area (Å²) in [5.41, 5.74) is -0.0201. The average molecular weight is 169 g/mol. The van der Waals surface area contributed by atoms with Crippen LogP contribution >= 0.6 is 0 Å². The van der Waals surface area contributed by atoms with E-state index in [0.29, 0.717) is 0 Å². The maximum Gasteiger partial charge on any atom is 0.335 e. The summed E-state index contributed by atoms with van der Waals surface area (Å²) in [6, 6.07) is 3.62. The first kappa shape index (κ1) is 8.35. The fourth-order valence-corrected chi connectivity index (χ4v) is 0.750. The topological polar surface area (TPSA) is 92.8 Å². The van der Waals surface area contributed by atoms with Crippen LogP contribution in [0.25, 0.3) is 0 Å². The Labute approximate surface area is 68.0 Å². The standard InChI is InChI=1S/C7H7NO4/c8-12-6-2-1-4(7(10)11)3-5(6)9/h1-3,9H,8H2,(H,10,11). The molecule has 0 aliphatic heterocycles. The van der Waals surface area contributed by atoms with Crippen molar-refractivity contribution in [2.45, 2.75) is 0 Å². The van der Waals surface area contributed by atoms with Crippen molar-refractivity contribution >= 4 is 5.97 Å². The smallest absolute Gasteiger partial charge is 0.335 e. The lowest BCUT2D eigenvalue weighted by Gasteiger charge is -2.01. The molecule has 0 spiro atoms. The average Bonchev–Trinajstić information content (AvgIpc) is 2.04. The van der Waals surface area contributed by atoms with Gasteiger partial charge in [-0.3, -0.25) is 0 Å². The number of hydrogen-bond acceptors (Lipinski definition) is 4. The molecule has 4 N–H and O–H groups in total. The molecule has 0 amide bonds. The lowest BCUT2D eigenvalue weighted by atomic mass is 10.2. The molecule has 0 aliphatic rings. The van der Waals surface area contributed by atoms with Crippen molar-refractivity contribution in [2.24, 2.45) is 5.90 Å². The van der Waals surface area contributed by atoms with Crippen LogP contribution in [0.1, 0.15) is 10.4 Å². The number of phenols is 1. The molecule has 5 nitrogen and oxygen atoms in total. The molecule has 0 saturated carbocycles. The van der Waals surface area contributed by atoms with E-state index in [1.165, 1.54) is 12.1 Å². The molecule has 1 aromatic rings. The zero-order chi connectivity index (χ0) is 9.14. The Kier molecular flexibility index (Phi) is 2.16. The zero-order valence-corrected chi connectivity index (χ0v) is 6.02. The highest BCUT2D eigenvalue weighted by Crippen LogP contribution is 2.25. The second-order valence-corrected chi connectivity index (χ2v) is 2.11. The van der Waals surface area contributed by atoms with Crippen LogP contribution in [-0.4, -0.2) is 16.2 Å². The van der Waals surface area contributed by atoms with Crippen molar-refractivity contribution in [1.29, 1.82) is 0 Å². The van der Waals surface area contributed by atoms with Crippen molar-refractivity contribution in [1.82, 2.24) is 0 Å². The molecular weight excluding hydrogens is 162 g/mol. The van der Waals surface area contributed by atoms with E-state index in [-0.39, 0.29) is 17.1 Å². The summed E-state index contributed by atoms with van der Waals surface area (Å²) >= 11 is 0. The second-order valence-electron chi connectivity index (χ2n) is 2.11. The van der Waals surface area contributed by atoms with Gasteiger partial charge in [-0.2, -0.15) is 5.90 Å². The fourth-order valence-electron chi connectivity index (χ4n) is 0.750. The number of aromatic carboxylic acids is 1. The SMILES string of the molecule is NOc1ccc(C(=O)O)cc1O. The van der Waals surface area contributed by atoms with E-state index in [9.17, 15) is 4.79 Å². The molecule has 0 unspecified atom stereocenters. The van der Waals surface area contributed by atoms with Gasteiger partial charge >= 0.3 is 5.97 Å². The number of nitrogens with two attached hydrogens (primary N) is 1. The van der Waals surface area contributed by atoms with Gasteiger partial charge in [0.25, 0.3) is 0 Å². The van der Waals surface area contributed by atoms with Crippen LogP contribution in [0, 0.1) is 0 Å². The van der Waals surface area contributed by atoms with Gasteiger partial charge in [-0.25, -0.2) is 4.79 Å². The molecule has 0 radical (unpaired) electrons. The van der Waals surface area contributed by atoms with Gasteiger partial charge in [0.2, 0.25) is 0 Å². The summed E-state index contributed by atoms with van der Waals surface area (Å²) in [4.78, 5) is 14.6. The number of carboxylic acids is 1. The Balaban J connectivity index is 3.10. The first-order valence-corrected chi connectivity index (χ1v) is 3.08. The van der Waals surface area contributed by atoms with Crippen LogP contribution in [0.15, 0.2) is 18.2 Å². The molecule has 64 valence electrons. The number of rotatable bonds is 2. The highest BCUT2D eigenvalue weighted by atomic mass is 16.6. The van der Waals surface area contributed by atoms with E-state index in [2.05, 4.69) is 4.84 Å². The molecule has 1 rings (SSSR count). The van der Waals surface area contributed by atoms with Gasteiger partial charge in [0.05, 0.1) is 5.56 Å². The molecule has 0 bridgehead atoms. The van der Waals surface area contributed by atoms with Crippen LogP contribution in [0.2, 0.25) is 0 Å². The van der Waals surface area contributed by atoms with Crippen LogP contribution < -0.4 is 10.7 Å². The van der Waals surface area contributed by atoms with E-state index in [1.54, 1.807) is 0 Å². The summed E-state index contributed by atoms with van der Waals surface area (Å²) in [5, 5.41) is 17.6. The first-order valence-electron chi connectivity index (χ1n) is 3.08. The van der Waals surface area contributed by atoms with Gasteiger partial charge in [0.15, 0.2) is 11.5 Å². The number of carboxylic acid groups (broad SMARTS) is 1. The van der Waals surface area contributed by atoms with E-state index < -0.39 is 5.97 Å². The lowest BCUT2D eigenvalue weighted by molar-refractivity contribution is 0.0696. The molecule has 12 heavy (non-hydrogen) atoms. The largest absolute Gasteiger partial charge is 0.504 e. The highest BCUT2D eigenvalue weighted by molar-refractivity contribution is 5.88. The van der Waals surface area contributed by atoms with Crippen LogP contribution in [0.4, 0.5) is 0 Å². The third kappa shape index (κ3) is 1.46. The third-order valence-electron chi connectivity index (χ3n) is 1.33. The summed E-state index contributed by atoms with van der Waals surface area (Å²) in [6.45, 7) is 0. The molecule has 1 aromatic carbocycles. The number of phenolic OH excluding ortho intramolecular Hbond substituents is 1. The van der Waals surface area contributed by atoms with Gasteiger partial charge in [-0.1, -0.05) is 0 Å². The predicted octanol–water partition coefficient (Wildman–Crippen LogP) is 0.343. The lowest BCUT2D eigenvalue weighted by Crippen LogP contribution is -2.03. The van der Waals surface area contributed by atoms with Crippen molar-refractivity contribution in [3.63, 3.8) is 0 Å². The van der Waals surface area contributed by atoms with Gasteiger partial charge in [0.1, 0.15) is 0 Å². The number of aromatic hydroxyl groups is 1. The van der Waals surface area contributed by atoms with E-state index in [1.807, 2.05) is 0 Å². The molecule has 0 aromatic heterocycles. The number of hydrogen-bond donors (Lipinski definition) is 3. The maximum atomic E-state index is 10.4. The maximum absolute atomic E-state index is 10.4. The van der Waals surface area contributed by atoms with Gasteiger partial charge in [0, 0.05) is 0 Å². The molecular formula is C7H7NO4. The zero-order valence-electron chi connectivity index (χ0n) is 6.02. The monoisotopic (exact) mass is 169 g/mol. The number of carbonyl (C=O) groups is 1. The third-order valence-corrected chi connectivity index (χ3v) is 1.33. The Hall–Kier alpha value is -1.75. The van der Waals surface area contributed by atoms with Gasteiger partial charge in [-0.15, -0.1) is 0 Å². The fraction of sp³-hybridized carbons (Fsp3) is 0.